The predicted octanol–water partition coefficient (Wildman–Crippen LogP) is 2.92. The summed E-state index contributed by atoms with van der Waals surface area (Å²) in [6.07, 6.45) is 1.40. The molecule has 0 aromatic heterocycles. The van der Waals surface area contributed by atoms with E-state index in [9.17, 15) is 14.0 Å². The summed E-state index contributed by atoms with van der Waals surface area (Å²) in [4.78, 5) is 26.1. The van der Waals surface area contributed by atoms with Crippen LogP contribution in [0.1, 0.15) is 34.8 Å². The lowest BCUT2D eigenvalue weighted by atomic mass is 10.1. The number of likely N-dealkylation sites (tertiary alicyclic amines) is 1. The zero-order valence-corrected chi connectivity index (χ0v) is 13.2. The Kier molecular flexibility index (Phi) is 4.89. The Hall–Kier alpha value is -2.69. The molecule has 1 heterocycles. The summed E-state index contributed by atoms with van der Waals surface area (Å²) in [6.45, 7) is 1.13. The van der Waals surface area contributed by atoms with Crippen molar-refractivity contribution in [2.75, 3.05) is 13.1 Å². The first-order valence-electron chi connectivity index (χ1n) is 8.02. The van der Waals surface area contributed by atoms with Gasteiger partial charge in [-0.25, -0.2) is 4.39 Å². The number of benzene rings is 2. The zero-order valence-electron chi connectivity index (χ0n) is 13.2. The number of carbonyl (C=O) groups is 2. The van der Waals surface area contributed by atoms with Crippen LogP contribution in [0.25, 0.3) is 0 Å². The molecule has 0 radical (unpaired) electrons. The molecule has 0 aliphatic carbocycles. The standard InChI is InChI=1S/C19H19FN2O2/c20-16-9-4-8-15(12-16)19(24)21-17(14-6-2-1-3-7-14)13-22-11-5-10-18(22)23/h1-4,6-9,12,17H,5,10-11,13H2,(H,21,24). The molecule has 1 N–H and O–H groups in total. The summed E-state index contributed by atoms with van der Waals surface area (Å²) in [5, 5.41) is 2.92. The minimum Gasteiger partial charge on any atom is -0.343 e. The lowest BCUT2D eigenvalue weighted by molar-refractivity contribution is -0.128. The van der Waals surface area contributed by atoms with Crippen LogP contribution in [0, 0.1) is 5.82 Å². The molecule has 1 unspecified atom stereocenters. The molecule has 1 aliphatic rings. The summed E-state index contributed by atoms with van der Waals surface area (Å²) in [5.41, 5.74) is 1.19. The fourth-order valence-corrected chi connectivity index (χ4v) is 2.91. The maximum atomic E-state index is 13.3. The van der Waals surface area contributed by atoms with E-state index in [2.05, 4.69) is 5.32 Å². The normalized spacial score (nSPS) is 15.4. The lowest BCUT2D eigenvalue weighted by Gasteiger charge is -2.25. The average molecular weight is 326 g/mol. The molecule has 3 rings (SSSR count). The second kappa shape index (κ2) is 7.25. The molecule has 0 spiro atoms. The minimum absolute atomic E-state index is 0.107. The van der Waals surface area contributed by atoms with E-state index in [1.807, 2.05) is 30.3 Å². The molecule has 2 amide bonds. The van der Waals surface area contributed by atoms with Gasteiger partial charge in [0.1, 0.15) is 5.82 Å². The van der Waals surface area contributed by atoms with Crippen LogP contribution in [0.5, 0.6) is 0 Å². The molecule has 1 fully saturated rings. The van der Waals surface area contributed by atoms with Gasteiger partial charge in [0.25, 0.3) is 5.91 Å². The van der Waals surface area contributed by atoms with Crippen molar-refractivity contribution in [3.8, 4) is 0 Å². The summed E-state index contributed by atoms with van der Waals surface area (Å²) < 4.78 is 13.3. The van der Waals surface area contributed by atoms with Crippen LogP contribution in [0.4, 0.5) is 4.39 Å². The quantitative estimate of drug-likeness (QED) is 0.918. The number of halogens is 1. The summed E-state index contributed by atoms with van der Waals surface area (Å²) in [7, 11) is 0. The van der Waals surface area contributed by atoms with Gasteiger partial charge in [0.05, 0.1) is 6.04 Å². The second-order valence-electron chi connectivity index (χ2n) is 5.89. The Morgan fingerprint density at radius 1 is 1.17 bits per heavy atom. The molecule has 124 valence electrons. The summed E-state index contributed by atoms with van der Waals surface area (Å²) in [5.74, 6) is -0.695. The number of nitrogens with zero attached hydrogens (tertiary/aromatic N) is 1. The van der Waals surface area contributed by atoms with E-state index in [4.69, 9.17) is 0 Å². The molecule has 4 nitrogen and oxygen atoms in total. The van der Waals surface area contributed by atoms with E-state index in [0.717, 1.165) is 12.0 Å². The third-order valence-electron chi connectivity index (χ3n) is 4.17. The van der Waals surface area contributed by atoms with Crippen LogP contribution in [-0.4, -0.2) is 29.8 Å². The molecule has 0 saturated carbocycles. The maximum Gasteiger partial charge on any atom is 0.251 e. The Morgan fingerprint density at radius 3 is 2.62 bits per heavy atom. The Labute approximate surface area is 140 Å². The first kappa shape index (κ1) is 16.2. The van der Waals surface area contributed by atoms with Crippen LogP contribution in [0.15, 0.2) is 54.6 Å². The summed E-state index contributed by atoms with van der Waals surface area (Å²) in [6, 6.07) is 14.8. The average Bonchev–Trinajstić information content (AvgIpc) is 3.00. The third-order valence-corrected chi connectivity index (χ3v) is 4.17. The Morgan fingerprint density at radius 2 is 1.96 bits per heavy atom. The van der Waals surface area contributed by atoms with Crippen molar-refractivity contribution in [2.24, 2.45) is 0 Å². The summed E-state index contributed by atoms with van der Waals surface area (Å²) >= 11 is 0. The fourth-order valence-electron chi connectivity index (χ4n) is 2.91. The largest absolute Gasteiger partial charge is 0.343 e. The molecule has 1 saturated heterocycles. The number of hydrogen-bond acceptors (Lipinski definition) is 2. The zero-order chi connectivity index (χ0) is 16.9. The van der Waals surface area contributed by atoms with Gasteiger partial charge in [-0.15, -0.1) is 0 Å². The van der Waals surface area contributed by atoms with Crippen molar-refractivity contribution in [3.63, 3.8) is 0 Å². The monoisotopic (exact) mass is 326 g/mol. The molecular weight excluding hydrogens is 307 g/mol. The molecule has 1 atom stereocenters. The van der Waals surface area contributed by atoms with E-state index >= 15 is 0 Å². The van der Waals surface area contributed by atoms with E-state index in [-0.39, 0.29) is 23.4 Å². The molecule has 1 aliphatic heterocycles. The van der Waals surface area contributed by atoms with Gasteiger partial charge in [0.2, 0.25) is 5.91 Å². The number of hydrogen-bond donors (Lipinski definition) is 1. The Balaban J connectivity index is 1.79. The van der Waals surface area contributed by atoms with E-state index in [0.29, 0.717) is 19.5 Å². The van der Waals surface area contributed by atoms with Gasteiger partial charge in [-0.2, -0.15) is 0 Å². The number of rotatable bonds is 5. The van der Waals surface area contributed by atoms with Crippen molar-refractivity contribution >= 4 is 11.8 Å². The van der Waals surface area contributed by atoms with Gasteiger partial charge in [0, 0.05) is 25.1 Å². The highest BCUT2D eigenvalue weighted by Crippen LogP contribution is 2.19. The number of amides is 2. The SMILES string of the molecule is O=C(NC(CN1CCCC1=O)c1ccccc1)c1cccc(F)c1. The highest BCUT2D eigenvalue weighted by molar-refractivity contribution is 5.94. The van der Waals surface area contributed by atoms with Gasteiger partial charge >= 0.3 is 0 Å². The third kappa shape index (κ3) is 3.79. The minimum atomic E-state index is -0.450. The van der Waals surface area contributed by atoms with Crippen LogP contribution in [-0.2, 0) is 4.79 Å². The van der Waals surface area contributed by atoms with Crippen molar-refractivity contribution < 1.29 is 14.0 Å². The van der Waals surface area contributed by atoms with Crippen LogP contribution >= 0.6 is 0 Å². The smallest absolute Gasteiger partial charge is 0.251 e. The highest BCUT2D eigenvalue weighted by atomic mass is 19.1. The van der Waals surface area contributed by atoms with E-state index in [1.165, 1.54) is 18.2 Å². The fraction of sp³-hybridized carbons (Fsp3) is 0.263. The molecule has 24 heavy (non-hydrogen) atoms. The van der Waals surface area contributed by atoms with Crippen LogP contribution in [0.3, 0.4) is 0 Å². The predicted molar refractivity (Wildman–Crippen MR) is 88.9 cm³/mol. The molecule has 2 aromatic carbocycles. The van der Waals surface area contributed by atoms with Crippen LogP contribution < -0.4 is 5.32 Å². The molecule has 5 heteroatoms. The van der Waals surface area contributed by atoms with Gasteiger partial charge in [-0.3, -0.25) is 9.59 Å². The molecule has 0 bridgehead atoms. The lowest BCUT2D eigenvalue weighted by Crippen LogP contribution is -2.38. The first-order valence-corrected chi connectivity index (χ1v) is 8.02. The van der Waals surface area contributed by atoms with Crippen LogP contribution in [0.2, 0.25) is 0 Å². The Bertz CT molecular complexity index is 733. The van der Waals surface area contributed by atoms with Crippen molar-refractivity contribution in [1.29, 1.82) is 0 Å². The molecular formula is C19H19FN2O2. The van der Waals surface area contributed by atoms with Crippen molar-refractivity contribution in [3.05, 3.63) is 71.5 Å². The van der Waals surface area contributed by atoms with Gasteiger partial charge in [0.15, 0.2) is 0 Å². The molecule has 2 aromatic rings. The highest BCUT2D eigenvalue weighted by Gasteiger charge is 2.25. The van der Waals surface area contributed by atoms with Gasteiger partial charge in [-0.1, -0.05) is 36.4 Å². The van der Waals surface area contributed by atoms with Gasteiger partial charge < -0.3 is 10.2 Å². The topological polar surface area (TPSA) is 49.4 Å². The van der Waals surface area contributed by atoms with Crippen molar-refractivity contribution in [1.82, 2.24) is 10.2 Å². The van der Waals surface area contributed by atoms with E-state index in [1.54, 1.807) is 11.0 Å². The maximum absolute atomic E-state index is 13.3. The first-order chi connectivity index (χ1) is 11.6. The van der Waals surface area contributed by atoms with E-state index < -0.39 is 5.82 Å². The van der Waals surface area contributed by atoms with Crippen molar-refractivity contribution in [2.45, 2.75) is 18.9 Å². The second-order valence-corrected chi connectivity index (χ2v) is 5.89. The number of nitrogens with one attached hydrogen (secondary N) is 1. The van der Waals surface area contributed by atoms with Gasteiger partial charge in [-0.05, 0) is 30.2 Å². The number of carbonyl (C=O) groups excluding carboxylic acids is 2.